The molecular formula is C14H19N3O3S. The highest BCUT2D eigenvalue weighted by molar-refractivity contribution is 7.90. The Labute approximate surface area is 124 Å². The highest BCUT2D eigenvalue weighted by Gasteiger charge is 2.24. The largest absolute Gasteiger partial charge is 0.338 e. The van der Waals surface area contributed by atoms with E-state index in [1.54, 1.807) is 0 Å². The number of nitrogens with zero attached hydrogens (tertiary/aromatic N) is 2. The van der Waals surface area contributed by atoms with Gasteiger partial charge in [-0.15, -0.1) is 0 Å². The molecule has 0 aliphatic heterocycles. The van der Waals surface area contributed by atoms with E-state index >= 15 is 0 Å². The second-order valence-electron chi connectivity index (χ2n) is 5.09. The van der Waals surface area contributed by atoms with Crippen LogP contribution in [0.2, 0.25) is 0 Å². The zero-order valence-electron chi connectivity index (χ0n) is 12.1. The molecule has 7 heteroatoms. The molecule has 2 N–H and O–H groups in total. The van der Waals surface area contributed by atoms with Crippen LogP contribution in [0.4, 0.5) is 0 Å². The third kappa shape index (κ3) is 4.12. The lowest BCUT2D eigenvalue weighted by molar-refractivity contribution is 0.345. The lowest BCUT2D eigenvalue weighted by Crippen LogP contribution is -2.13. The summed E-state index contributed by atoms with van der Waals surface area (Å²) in [5.74, 6) is 0.430. The van der Waals surface area contributed by atoms with Crippen LogP contribution in [-0.4, -0.2) is 24.8 Å². The minimum Gasteiger partial charge on any atom is -0.338 e. The molecule has 2 unspecified atom stereocenters. The second kappa shape index (κ2) is 6.36. The van der Waals surface area contributed by atoms with Gasteiger partial charge in [0.05, 0.1) is 6.04 Å². The summed E-state index contributed by atoms with van der Waals surface area (Å²) >= 11 is 0. The maximum absolute atomic E-state index is 11.5. The first-order valence-electron chi connectivity index (χ1n) is 6.70. The standard InChI is InChI=1S/C14H19N3O3S/c1-10(21(2,18)19)13-16-14(20-17-13)12(15)9-8-11-6-4-3-5-7-11/h3-7,10,12H,8-9,15H2,1-2H3. The fourth-order valence-corrected chi connectivity index (χ4v) is 2.32. The molecule has 0 aliphatic rings. The van der Waals surface area contributed by atoms with Crippen molar-refractivity contribution in [2.24, 2.45) is 5.73 Å². The van der Waals surface area contributed by atoms with Crippen molar-refractivity contribution in [3.63, 3.8) is 0 Å². The normalized spacial score (nSPS) is 14.8. The molecule has 1 heterocycles. The molecule has 2 aromatic rings. The van der Waals surface area contributed by atoms with Crippen molar-refractivity contribution < 1.29 is 12.9 Å². The predicted molar refractivity (Wildman–Crippen MR) is 79.2 cm³/mol. The zero-order chi connectivity index (χ0) is 15.5. The van der Waals surface area contributed by atoms with Crippen LogP contribution in [0, 0.1) is 0 Å². The number of aromatic nitrogens is 2. The molecule has 1 aromatic carbocycles. The summed E-state index contributed by atoms with van der Waals surface area (Å²) in [6, 6.07) is 9.55. The van der Waals surface area contributed by atoms with Crippen molar-refractivity contribution >= 4 is 9.84 Å². The van der Waals surface area contributed by atoms with Gasteiger partial charge in [-0.25, -0.2) is 8.42 Å². The average molecular weight is 309 g/mol. The van der Waals surface area contributed by atoms with Gasteiger partial charge in [-0.05, 0) is 25.3 Å². The molecular weight excluding hydrogens is 290 g/mol. The Morgan fingerprint density at radius 1 is 1.29 bits per heavy atom. The van der Waals surface area contributed by atoms with Gasteiger partial charge in [-0.1, -0.05) is 35.5 Å². The van der Waals surface area contributed by atoms with Gasteiger partial charge in [-0.2, -0.15) is 4.98 Å². The zero-order valence-corrected chi connectivity index (χ0v) is 12.9. The molecule has 21 heavy (non-hydrogen) atoms. The Morgan fingerprint density at radius 3 is 2.57 bits per heavy atom. The van der Waals surface area contributed by atoms with Crippen LogP contribution < -0.4 is 5.73 Å². The van der Waals surface area contributed by atoms with Crippen LogP contribution >= 0.6 is 0 Å². The van der Waals surface area contributed by atoms with Crippen LogP contribution in [0.1, 0.15) is 41.9 Å². The van der Waals surface area contributed by atoms with Gasteiger partial charge in [0.25, 0.3) is 0 Å². The van der Waals surface area contributed by atoms with E-state index in [4.69, 9.17) is 10.3 Å². The Kier molecular flexibility index (Phi) is 4.74. The minimum atomic E-state index is -3.25. The van der Waals surface area contributed by atoms with Crippen molar-refractivity contribution in [3.8, 4) is 0 Å². The highest BCUT2D eigenvalue weighted by Crippen LogP contribution is 2.21. The van der Waals surface area contributed by atoms with E-state index in [0.717, 1.165) is 12.7 Å². The molecule has 0 saturated carbocycles. The summed E-state index contributed by atoms with van der Waals surface area (Å²) in [6.45, 7) is 1.53. The summed E-state index contributed by atoms with van der Waals surface area (Å²) in [4.78, 5) is 4.11. The molecule has 0 amide bonds. The quantitative estimate of drug-likeness (QED) is 0.873. The lowest BCUT2D eigenvalue weighted by atomic mass is 10.1. The monoisotopic (exact) mass is 309 g/mol. The van der Waals surface area contributed by atoms with E-state index in [2.05, 4.69) is 10.1 Å². The third-order valence-corrected chi connectivity index (χ3v) is 4.86. The maximum Gasteiger partial charge on any atom is 0.243 e. The van der Waals surface area contributed by atoms with E-state index < -0.39 is 21.1 Å². The third-order valence-electron chi connectivity index (χ3n) is 3.37. The van der Waals surface area contributed by atoms with Gasteiger partial charge in [0.15, 0.2) is 15.7 Å². The molecule has 2 rings (SSSR count). The number of hydrogen-bond acceptors (Lipinski definition) is 6. The fourth-order valence-electron chi connectivity index (χ4n) is 1.84. The van der Waals surface area contributed by atoms with Crippen molar-refractivity contribution in [2.45, 2.75) is 31.1 Å². The van der Waals surface area contributed by atoms with Crippen LogP contribution in [0.15, 0.2) is 34.9 Å². The van der Waals surface area contributed by atoms with Crippen molar-refractivity contribution in [2.75, 3.05) is 6.26 Å². The Balaban J connectivity index is 2.01. The summed E-state index contributed by atoms with van der Waals surface area (Å²) in [5, 5.41) is 2.92. The first-order chi connectivity index (χ1) is 9.88. The highest BCUT2D eigenvalue weighted by atomic mass is 32.2. The first-order valence-corrected chi connectivity index (χ1v) is 8.65. The molecule has 0 radical (unpaired) electrons. The summed E-state index contributed by atoms with van der Waals surface area (Å²) in [6.07, 6.45) is 2.59. The molecule has 0 aliphatic carbocycles. The lowest BCUT2D eigenvalue weighted by Gasteiger charge is -2.06. The molecule has 6 nitrogen and oxygen atoms in total. The van der Waals surface area contributed by atoms with Crippen molar-refractivity contribution in [3.05, 3.63) is 47.6 Å². The maximum atomic E-state index is 11.5. The number of benzene rings is 1. The van der Waals surface area contributed by atoms with Crippen molar-refractivity contribution in [1.82, 2.24) is 10.1 Å². The molecule has 114 valence electrons. The summed E-state index contributed by atoms with van der Waals surface area (Å²) in [5.41, 5.74) is 7.20. The molecule has 0 saturated heterocycles. The van der Waals surface area contributed by atoms with Gasteiger partial charge < -0.3 is 10.3 Å². The van der Waals surface area contributed by atoms with Gasteiger partial charge in [-0.3, -0.25) is 0 Å². The fraction of sp³-hybridized carbons (Fsp3) is 0.429. The van der Waals surface area contributed by atoms with Gasteiger partial charge in [0, 0.05) is 6.26 Å². The van der Waals surface area contributed by atoms with Crippen molar-refractivity contribution in [1.29, 1.82) is 0 Å². The molecule has 0 fully saturated rings. The van der Waals surface area contributed by atoms with Gasteiger partial charge in [0.1, 0.15) is 5.25 Å². The predicted octanol–water partition coefficient (Wildman–Crippen LogP) is 1.81. The first kappa shape index (κ1) is 15.7. The van der Waals surface area contributed by atoms with Gasteiger partial charge >= 0.3 is 0 Å². The molecule has 2 atom stereocenters. The SMILES string of the molecule is CC(c1noc(C(N)CCc2ccccc2)n1)S(C)(=O)=O. The minimum absolute atomic E-state index is 0.155. The van der Waals surface area contributed by atoms with E-state index in [0.29, 0.717) is 6.42 Å². The Bertz CT molecular complexity index is 682. The van der Waals surface area contributed by atoms with Gasteiger partial charge in [0.2, 0.25) is 5.89 Å². The molecule has 1 aromatic heterocycles. The Morgan fingerprint density at radius 2 is 1.95 bits per heavy atom. The topological polar surface area (TPSA) is 99.1 Å². The number of hydrogen-bond donors (Lipinski definition) is 1. The van der Waals surface area contributed by atoms with Crippen LogP contribution in [0.3, 0.4) is 0 Å². The second-order valence-corrected chi connectivity index (χ2v) is 7.46. The summed E-state index contributed by atoms with van der Waals surface area (Å²) in [7, 11) is -3.25. The Hall–Kier alpha value is -1.73. The number of nitrogens with two attached hydrogens (primary N) is 1. The van der Waals surface area contributed by atoms with E-state index in [1.165, 1.54) is 12.5 Å². The van der Waals surface area contributed by atoms with Crippen LogP contribution in [0.5, 0.6) is 0 Å². The van der Waals surface area contributed by atoms with E-state index in [1.807, 2.05) is 30.3 Å². The molecule has 0 bridgehead atoms. The molecule has 0 spiro atoms. The van der Waals surface area contributed by atoms with E-state index in [-0.39, 0.29) is 11.7 Å². The smallest absolute Gasteiger partial charge is 0.243 e. The number of sulfone groups is 1. The summed E-state index contributed by atoms with van der Waals surface area (Å²) < 4.78 is 28.0. The van der Waals surface area contributed by atoms with Crippen LogP contribution in [-0.2, 0) is 16.3 Å². The number of aryl methyl sites for hydroxylation is 1. The van der Waals surface area contributed by atoms with Crippen LogP contribution in [0.25, 0.3) is 0 Å². The average Bonchev–Trinajstić information content (AvgIpc) is 2.93. The number of rotatable bonds is 6. The van der Waals surface area contributed by atoms with E-state index in [9.17, 15) is 8.42 Å².